The van der Waals surface area contributed by atoms with Crippen LogP contribution in [0.5, 0.6) is 0 Å². The summed E-state index contributed by atoms with van der Waals surface area (Å²) in [5.41, 5.74) is -0.879. The van der Waals surface area contributed by atoms with Gasteiger partial charge in [0.25, 0.3) is 0 Å². The molecule has 3 rings (SSSR count). The van der Waals surface area contributed by atoms with E-state index in [1.165, 1.54) is 6.92 Å². The summed E-state index contributed by atoms with van der Waals surface area (Å²) in [5.74, 6) is -2.48. The molecule has 0 spiro atoms. The molecule has 0 fully saturated rings. The monoisotopic (exact) mass is 439 g/mol. The van der Waals surface area contributed by atoms with Gasteiger partial charge in [-0.3, -0.25) is 4.79 Å². The van der Waals surface area contributed by atoms with E-state index >= 15 is 0 Å². The van der Waals surface area contributed by atoms with Crippen molar-refractivity contribution in [2.75, 3.05) is 5.32 Å². The number of anilines is 1. The number of aromatic nitrogens is 2. The number of hydrogen-bond donors (Lipinski definition) is 1. The largest absolute Gasteiger partial charge is 0.433 e. The minimum absolute atomic E-state index is 0.0533. The van der Waals surface area contributed by atoms with Gasteiger partial charge in [0.1, 0.15) is 17.3 Å². The lowest BCUT2D eigenvalue weighted by Gasteiger charge is -2.14. The lowest BCUT2D eigenvalue weighted by atomic mass is 10.1. The highest BCUT2D eigenvalue weighted by Gasteiger charge is 2.34. The van der Waals surface area contributed by atoms with Crippen LogP contribution in [0.3, 0.4) is 0 Å². The zero-order valence-corrected chi connectivity index (χ0v) is 16.2. The molecule has 3 aromatic rings. The Morgan fingerprint density at radius 2 is 1.73 bits per heavy atom. The van der Waals surface area contributed by atoms with Crippen molar-refractivity contribution < 1.29 is 26.7 Å². The number of rotatable bonds is 5. The van der Waals surface area contributed by atoms with Gasteiger partial charge >= 0.3 is 6.18 Å². The van der Waals surface area contributed by atoms with Crippen LogP contribution in [0.4, 0.5) is 27.6 Å². The van der Waals surface area contributed by atoms with Gasteiger partial charge in [-0.15, -0.1) is 0 Å². The molecule has 0 saturated heterocycles. The Morgan fingerprint density at radius 1 is 1.03 bits per heavy atom. The molecule has 1 N–H and O–H groups in total. The highest BCUT2D eigenvalue weighted by molar-refractivity contribution is 8.00. The molecule has 30 heavy (non-hydrogen) atoms. The Bertz CT molecular complexity index is 1060. The van der Waals surface area contributed by atoms with Crippen LogP contribution in [0.15, 0.2) is 59.8 Å². The number of hydrogen-bond acceptors (Lipinski definition) is 4. The minimum Gasteiger partial charge on any atom is -0.323 e. The van der Waals surface area contributed by atoms with E-state index in [9.17, 15) is 26.7 Å². The Balaban J connectivity index is 1.84. The third-order valence-corrected chi connectivity index (χ3v) is 4.87. The lowest BCUT2D eigenvalue weighted by molar-refractivity contribution is -0.141. The summed E-state index contributed by atoms with van der Waals surface area (Å²) in [6.45, 7) is 1.41. The predicted octanol–water partition coefficient (Wildman–Crippen LogP) is 5.56. The summed E-state index contributed by atoms with van der Waals surface area (Å²) in [5, 5.41) is 1.05. The SMILES string of the molecule is CC(Sc1nc(-c2ccccc2)cc(C(F)(F)F)n1)C(=O)Nc1ccc(F)cc1F. The van der Waals surface area contributed by atoms with Crippen LogP contribution in [0, 0.1) is 11.6 Å². The first kappa shape index (κ1) is 21.7. The lowest BCUT2D eigenvalue weighted by Crippen LogP contribution is -2.23. The van der Waals surface area contributed by atoms with E-state index in [4.69, 9.17) is 0 Å². The van der Waals surface area contributed by atoms with Crippen LogP contribution in [0.1, 0.15) is 12.6 Å². The molecule has 10 heteroatoms. The van der Waals surface area contributed by atoms with E-state index in [2.05, 4.69) is 15.3 Å². The van der Waals surface area contributed by atoms with Crippen molar-refractivity contribution in [1.29, 1.82) is 0 Å². The maximum absolute atomic E-state index is 13.7. The van der Waals surface area contributed by atoms with E-state index in [0.29, 0.717) is 23.4 Å². The Labute approximate surface area is 172 Å². The van der Waals surface area contributed by atoms with Gasteiger partial charge in [-0.25, -0.2) is 18.7 Å². The fraction of sp³-hybridized carbons (Fsp3) is 0.150. The molecule has 2 aromatic carbocycles. The van der Waals surface area contributed by atoms with Crippen molar-refractivity contribution in [3.8, 4) is 11.3 Å². The van der Waals surface area contributed by atoms with Gasteiger partial charge in [-0.2, -0.15) is 13.2 Å². The second-order valence-electron chi connectivity index (χ2n) is 6.16. The maximum atomic E-state index is 13.7. The molecular formula is C20H14F5N3OS. The Morgan fingerprint density at radius 3 is 2.37 bits per heavy atom. The molecule has 1 heterocycles. The number of thioether (sulfide) groups is 1. The molecule has 0 aliphatic carbocycles. The van der Waals surface area contributed by atoms with E-state index < -0.39 is 34.7 Å². The molecular weight excluding hydrogens is 425 g/mol. The number of nitrogens with one attached hydrogen (secondary N) is 1. The molecule has 1 unspecified atom stereocenters. The fourth-order valence-corrected chi connectivity index (χ4v) is 3.20. The summed E-state index contributed by atoms with van der Waals surface area (Å²) in [4.78, 5) is 20.0. The van der Waals surface area contributed by atoms with E-state index in [0.717, 1.165) is 18.2 Å². The fourth-order valence-electron chi connectivity index (χ4n) is 2.42. The van der Waals surface area contributed by atoms with Crippen molar-refractivity contribution in [2.45, 2.75) is 23.5 Å². The standard InChI is InChI=1S/C20H14F5N3OS/c1-11(18(29)26-15-8-7-13(21)9-14(15)22)30-19-27-16(12-5-3-2-4-6-12)10-17(28-19)20(23,24)25/h2-11H,1H3,(H,26,29). The Hall–Kier alpha value is -3.01. The van der Waals surface area contributed by atoms with Crippen molar-refractivity contribution >= 4 is 23.4 Å². The van der Waals surface area contributed by atoms with Gasteiger partial charge in [-0.05, 0) is 25.1 Å². The zero-order chi connectivity index (χ0) is 21.9. The van der Waals surface area contributed by atoms with Gasteiger partial charge < -0.3 is 5.32 Å². The second-order valence-corrected chi connectivity index (χ2v) is 7.47. The smallest absolute Gasteiger partial charge is 0.323 e. The summed E-state index contributed by atoms with van der Waals surface area (Å²) in [6.07, 6.45) is -4.70. The van der Waals surface area contributed by atoms with Gasteiger partial charge in [0.2, 0.25) is 5.91 Å². The predicted molar refractivity (Wildman–Crippen MR) is 103 cm³/mol. The van der Waals surface area contributed by atoms with Gasteiger partial charge in [0, 0.05) is 11.6 Å². The number of benzene rings is 2. The molecule has 0 aliphatic heterocycles. The highest BCUT2D eigenvalue weighted by atomic mass is 32.2. The van der Waals surface area contributed by atoms with Gasteiger partial charge in [0.05, 0.1) is 16.6 Å². The molecule has 156 valence electrons. The number of nitrogens with zero attached hydrogens (tertiary/aromatic N) is 2. The molecule has 4 nitrogen and oxygen atoms in total. The summed E-state index contributed by atoms with van der Waals surface area (Å²) in [7, 11) is 0. The van der Waals surface area contributed by atoms with Crippen LogP contribution in [0.2, 0.25) is 0 Å². The van der Waals surface area contributed by atoms with Crippen molar-refractivity contribution in [2.24, 2.45) is 0 Å². The third kappa shape index (κ3) is 5.32. The van der Waals surface area contributed by atoms with Crippen molar-refractivity contribution in [3.05, 3.63) is 71.9 Å². The first-order valence-corrected chi connectivity index (χ1v) is 9.46. The van der Waals surface area contributed by atoms with Gasteiger partial charge in [0.15, 0.2) is 5.16 Å². The molecule has 1 aromatic heterocycles. The highest BCUT2D eigenvalue weighted by Crippen LogP contribution is 2.33. The zero-order valence-electron chi connectivity index (χ0n) is 15.4. The van der Waals surface area contributed by atoms with Crippen LogP contribution in [-0.4, -0.2) is 21.1 Å². The minimum atomic E-state index is -4.70. The summed E-state index contributed by atoms with van der Waals surface area (Å²) < 4.78 is 66.5. The topological polar surface area (TPSA) is 54.9 Å². The van der Waals surface area contributed by atoms with E-state index in [-0.39, 0.29) is 16.5 Å². The second kappa shape index (κ2) is 8.78. The first-order chi connectivity index (χ1) is 14.1. The van der Waals surface area contributed by atoms with Crippen LogP contribution in [0.25, 0.3) is 11.3 Å². The first-order valence-electron chi connectivity index (χ1n) is 8.58. The summed E-state index contributed by atoms with van der Waals surface area (Å²) >= 11 is 0.688. The van der Waals surface area contributed by atoms with E-state index in [1.807, 2.05) is 0 Å². The third-order valence-electron chi connectivity index (χ3n) is 3.91. The Kier molecular flexibility index (Phi) is 6.35. The van der Waals surface area contributed by atoms with Crippen molar-refractivity contribution in [3.63, 3.8) is 0 Å². The molecule has 0 radical (unpaired) electrons. The maximum Gasteiger partial charge on any atom is 0.433 e. The van der Waals surface area contributed by atoms with Gasteiger partial charge in [-0.1, -0.05) is 42.1 Å². The molecule has 1 atom stereocenters. The molecule has 1 amide bonds. The average molecular weight is 439 g/mol. The summed E-state index contributed by atoms with van der Waals surface area (Å²) in [6, 6.07) is 11.7. The number of carbonyl (C=O) groups excluding carboxylic acids is 1. The number of halogens is 5. The van der Waals surface area contributed by atoms with Crippen molar-refractivity contribution in [1.82, 2.24) is 9.97 Å². The van der Waals surface area contributed by atoms with Crippen LogP contribution >= 0.6 is 11.8 Å². The number of carbonyl (C=O) groups is 1. The van der Waals surface area contributed by atoms with E-state index in [1.54, 1.807) is 30.3 Å². The van der Waals surface area contributed by atoms with Crippen LogP contribution in [-0.2, 0) is 11.0 Å². The molecule has 0 aliphatic rings. The van der Waals surface area contributed by atoms with Crippen LogP contribution < -0.4 is 5.32 Å². The molecule has 0 bridgehead atoms. The normalized spacial score (nSPS) is 12.5. The number of alkyl halides is 3. The quantitative estimate of drug-likeness (QED) is 0.321. The molecule has 0 saturated carbocycles. The number of amides is 1. The average Bonchev–Trinajstić information content (AvgIpc) is 2.69.